The highest BCUT2D eigenvalue weighted by Gasteiger charge is 2.12. The second kappa shape index (κ2) is 7.04. The molecular formula is C14H16Br2N4. The van der Waals surface area contributed by atoms with Crippen LogP contribution in [0, 0.1) is 0 Å². The van der Waals surface area contributed by atoms with E-state index in [9.17, 15) is 0 Å². The average molecular weight is 400 g/mol. The Morgan fingerprint density at radius 1 is 1.15 bits per heavy atom. The number of hydrogen-bond donors (Lipinski definition) is 1. The van der Waals surface area contributed by atoms with Crippen LogP contribution in [0.4, 0.5) is 11.6 Å². The maximum atomic E-state index is 4.35. The van der Waals surface area contributed by atoms with E-state index in [4.69, 9.17) is 0 Å². The predicted molar refractivity (Wildman–Crippen MR) is 90.1 cm³/mol. The van der Waals surface area contributed by atoms with Crippen LogP contribution < -0.4 is 10.2 Å². The van der Waals surface area contributed by atoms with E-state index in [1.165, 1.54) is 5.56 Å². The molecule has 0 saturated heterocycles. The van der Waals surface area contributed by atoms with Gasteiger partial charge in [-0.25, -0.2) is 9.97 Å². The van der Waals surface area contributed by atoms with Crippen molar-refractivity contribution in [1.29, 1.82) is 0 Å². The van der Waals surface area contributed by atoms with Crippen LogP contribution in [-0.4, -0.2) is 23.6 Å². The normalized spacial score (nSPS) is 10.4. The molecule has 6 heteroatoms. The summed E-state index contributed by atoms with van der Waals surface area (Å²) in [6.45, 7) is 3.65. The minimum Gasteiger partial charge on any atom is -0.369 e. The Kier molecular flexibility index (Phi) is 5.37. The van der Waals surface area contributed by atoms with Crippen molar-refractivity contribution < 1.29 is 0 Å². The molecule has 1 aromatic carbocycles. The summed E-state index contributed by atoms with van der Waals surface area (Å²) in [5, 5.41) is 3.21. The molecule has 0 unspecified atom stereocenters. The Morgan fingerprint density at radius 2 is 1.85 bits per heavy atom. The van der Waals surface area contributed by atoms with E-state index in [0.29, 0.717) is 0 Å². The molecule has 2 aromatic rings. The van der Waals surface area contributed by atoms with Gasteiger partial charge in [-0.05, 0) is 40.5 Å². The quantitative estimate of drug-likeness (QED) is 0.822. The Labute approximate surface area is 135 Å². The van der Waals surface area contributed by atoms with E-state index < -0.39 is 0 Å². The molecular weight excluding hydrogens is 384 g/mol. The Bertz CT molecular complexity index is 572. The van der Waals surface area contributed by atoms with Crippen LogP contribution in [0.15, 0.2) is 39.5 Å². The first-order valence-corrected chi connectivity index (χ1v) is 7.90. The molecule has 1 heterocycles. The third-order valence-electron chi connectivity index (χ3n) is 2.81. The van der Waals surface area contributed by atoms with Crippen molar-refractivity contribution in [2.45, 2.75) is 13.5 Å². The molecule has 0 saturated carbocycles. The van der Waals surface area contributed by atoms with Gasteiger partial charge in [0.15, 0.2) is 0 Å². The van der Waals surface area contributed by atoms with Gasteiger partial charge in [0.25, 0.3) is 0 Å². The molecule has 0 atom stereocenters. The highest BCUT2D eigenvalue weighted by Crippen LogP contribution is 2.29. The lowest BCUT2D eigenvalue weighted by molar-refractivity contribution is 0.885. The van der Waals surface area contributed by atoms with E-state index in [1.54, 1.807) is 6.33 Å². The summed E-state index contributed by atoms with van der Waals surface area (Å²) in [6.07, 6.45) is 1.58. The number of anilines is 2. The molecule has 0 aliphatic carbocycles. The fourth-order valence-corrected chi connectivity index (χ4v) is 2.77. The minimum atomic E-state index is 0.786. The molecule has 106 valence electrons. The zero-order chi connectivity index (χ0) is 14.5. The third kappa shape index (κ3) is 3.70. The second-order valence-electron chi connectivity index (χ2n) is 4.37. The lowest BCUT2D eigenvalue weighted by Crippen LogP contribution is -2.19. The van der Waals surface area contributed by atoms with Crippen molar-refractivity contribution in [2.75, 3.05) is 23.8 Å². The van der Waals surface area contributed by atoms with E-state index in [1.807, 2.05) is 26.1 Å². The standard InChI is InChI=1S/C14H16Br2N4/c1-3-17-13-12(16)14(19-9-18-13)20(2)8-10-4-6-11(15)7-5-10/h4-7,9H,3,8H2,1-2H3,(H,17,18,19). The Morgan fingerprint density at radius 3 is 2.50 bits per heavy atom. The van der Waals surface area contributed by atoms with Crippen LogP contribution in [0.5, 0.6) is 0 Å². The number of benzene rings is 1. The first-order chi connectivity index (χ1) is 9.61. The number of rotatable bonds is 5. The first-order valence-electron chi connectivity index (χ1n) is 6.31. The molecule has 0 aliphatic rings. The topological polar surface area (TPSA) is 41.1 Å². The van der Waals surface area contributed by atoms with E-state index in [-0.39, 0.29) is 0 Å². The molecule has 2 rings (SSSR count). The summed E-state index contributed by atoms with van der Waals surface area (Å²) >= 11 is 7.02. The molecule has 20 heavy (non-hydrogen) atoms. The fourth-order valence-electron chi connectivity index (χ4n) is 1.86. The first kappa shape index (κ1) is 15.3. The number of halogens is 2. The number of hydrogen-bond acceptors (Lipinski definition) is 4. The molecule has 1 N–H and O–H groups in total. The van der Waals surface area contributed by atoms with Crippen LogP contribution in [-0.2, 0) is 6.54 Å². The largest absolute Gasteiger partial charge is 0.369 e. The molecule has 0 aliphatic heterocycles. The molecule has 0 amide bonds. The summed E-state index contributed by atoms with van der Waals surface area (Å²) in [5.41, 5.74) is 1.23. The second-order valence-corrected chi connectivity index (χ2v) is 6.08. The predicted octanol–water partition coefficient (Wildman–Crippen LogP) is 4.07. The van der Waals surface area contributed by atoms with Crippen molar-refractivity contribution in [2.24, 2.45) is 0 Å². The van der Waals surface area contributed by atoms with Crippen molar-refractivity contribution in [3.63, 3.8) is 0 Å². The van der Waals surface area contributed by atoms with E-state index in [2.05, 4.69) is 64.2 Å². The number of nitrogens with zero attached hydrogens (tertiary/aromatic N) is 3. The average Bonchev–Trinajstić information content (AvgIpc) is 2.44. The van der Waals surface area contributed by atoms with Gasteiger partial charge in [0.2, 0.25) is 0 Å². The van der Waals surface area contributed by atoms with Gasteiger partial charge in [0.05, 0.1) is 0 Å². The van der Waals surface area contributed by atoms with Gasteiger partial charge in [-0.15, -0.1) is 0 Å². The molecule has 1 aromatic heterocycles. The van der Waals surface area contributed by atoms with Crippen LogP contribution >= 0.6 is 31.9 Å². The van der Waals surface area contributed by atoms with Gasteiger partial charge in [-0.1, -0.05) is 28.1 Å². The Balaban J connectivity index is 2.18. The minimum absolute atomic E-state index is 0.786. The summed E-state index contributed by atoms with van der Waals surface area (Å²) in [6, 6.07) is 8.28. The van der Waals surface area contributed by atoms with Crippen molar-refractivity contribution in [3.8, 4) is 0 Å². The maximum absolute atomic E-state index is 4.35. The monoisotopic (exact) mass is 398 g/mol. The summed E-state index contributed by atoms with van der Waals surface area (Å²) in [7, 11) is 2.02. The lowest BCUT2D eigenvalue weighted by atomic mass is 10.2. The zero-order valence-corrected chi connectivity index (χ0v) is 14.6. The summed E-state index contributed by atoms with van der Waals surface area (Å²) < 4.78 is 1.98. The lowest BCUT2D eigenvalue weighted by Gasteiger charge is -2.20. The fraction of sp³-hybridized carbons (Fsp3) is 0.286. The summed E-state index contributed by atoms with van der Waals surface area (Å²) in [5.74, 6) is 1.69. The van der Waals surface area contributed by atoms with Gasteiger partial charge >= 0.3 is 0 Å². The highest BCUT2D eigenvalue weighted by molar-refractivity contribution is 9.11. The van der Waals surface area contributed by atoms with Gasteiger partial charge < -0.3 is 10.2 Å². The molecule has 0 bridgehead atoms. The molecule has 0 radical (unpaired) electrons. The van der Waals surface area contributed by atoms with Crippen LogP contribution in [0.25, 0.3) is 0 Å². The smallest absolute Gasteiger partial charge is 0.148 e. The molecule has 4 nitrogen and oxygen atoms in total. The Hall–Kier alpha value is -1.14. The molecule has 0 fully saturated rings. The van der Waals surface area contributed by atoms with Gasteiger partial charge in [0, 0.05) is 24.6 Å². The van der Waals surface area contributed by atoms with Gasteiger partial charge in [-0.2, -0.15) is 0 Å². The van der Waals surface area contributed by atoms with E-state index in [0.717, 1.165) is 33.7 Å². The zero-order valence-electron chi connectivity index (χ0n) is 11.4. The number of aromatic nitrogens is 2. The van der Waals surface area contributed by atoms with Crippen molar-refractivity contribution in [3.05, 3.63) is 45.1 Å². The summed E-state index contributed by atoms with van der Waals surface area (Å²) in [4.78, 5) is 10.7. The van der Waals surface area contributed by atoms with Gasteiger partial charge in [0.1, 0.15) is 22.4 Å². The third-order valence-corrected chi connectivity index (χ3v) is 4.07. The van der Waals surface area contributed by atoms with Crippen LogP contribution in [0.1, 0.15) is 12.5 Å². The van der Waals surface area contributed by atoms with Crippen molar-refractivity contribution in [1.82, 2.24) is 9.97 Å². The highest BCUT2D eigenvalue weighted by atomic mass is 79.9. The van der Waals surface area contributed by atoms with E-state index >= 15 is 0 Å². The SMILES string of the molecule is CCNc1ncnc(N(C)Cc2ccc(Br)cc2)c1Br. The van der Waals surface area contributed by atoms with Crippen LogP contribution in [0.2, 0.25) is 0 Å². The maximum Gasteiger partial charge on any atom is 0.148 e. The van der Waals surface area contributed by atoms with Crippen molar-refractivity contribution >= 4 is 43.5 Å². The van der Waals surface area contributed by atoms with Gasteiger partial charge in [-0.3, -0.25) is 0 Å². The number of nitrogens with one attached hydrogen (secondary N) is 1. The van der Waals surface area contributed by atoms with Crippen LogP contribution in [0.3, 0.4) is 0 Å². The molecule has 0 spiro atoms.